The number of aromatic nitrogens is 2. The first-order chi connectivity index (χ1) is 14.1. The van der Waals surface area contributed by atoms with E-state index < -0.39 is 6.09 Å². The molecular weight excluding hydrogens is 368 g/mol. The van der Waals surface area contributed by atoms with Gasteiger partial charge in [0.25, 0.3) is 0 Å². The number of primary amides is 1. The van der Waals surface area contributed by atoms with Gasteiger partial charge in [-0.25, -0.2) is 4.79 Å². The lowest BCUT2D eigenvalue weighted by Gasteiger charge is -2.05. The molecule has 0 fully saturated rings. The standard InChI is InChI=1S/C22H21N4O3/c23-22(28)29-16-6-7-20-18(11-16)15(13-26-20)9-10-24-21(27)8-5-14-12-25-19-4-2-1-3-17(14)19/h1-4,6-8,11-13,25-26H,5,9-10H2,(H2,23,28)(H,24,27). The Hall–Kier alpha value is -3.74. The molecule has 2 heterocycles. The van der Waals surface area contributed by atoms with Crippen LogP contribution in [0.15, 0.2) is 54.9 Å². The number of carbonyl (C=O) groups is 2. The molecule has 4 aromatic rings. The lowest BCUT2D eigenvalue weighted by molar-refractivity contribution is -0.117. The first-order valence-electron chi connectivity index (χ1n) is 9.33. The van der Waals surface area contributed by atoms with E-state index in [4.69, 9.17) is 10.5 Å². The maximum absolute atomic E-state index is 12.2. The predicted molar refractivity (Wildman–Crippen MR) is 112 cm³/mol. The molecule has 0 aliphatic rings. The molecule has 0 spiro atoms. The number of ether oxygens (including phenoxy) is 1. The molecule has 29 heavy (non-hydrogen) atoms. The average molecular weight is 389 g/mol. The van der Waals surface area contributed by atoms with E-state index in [1.165, 1.54) is 0 Å². The van der Waals surface area contributed by atoms with Gasteiger partial charge in [-0.2, -0.15) is 0 Å². The molecular formula is C22H21N4O3. The number of H-pyrrole nitrogens is 2. The summed E-state index contributed by atoms with van der Waals surface area (Å²) < 4.78 is 4.93. The van der Waals surface area contributed by atoms with Crippen LogP contribution in [0.3, 0.4) is 0 Å². The minimum atomic E-state index is -0.848. The van der Waals surface area contributed by atoms with Crippen molar-refractivity contribution in [3.8, 4) is 5.75 Å². The fraction of sp³-hybridized carbons (Fsp3) is 0.136. The number of hydrogen-bond acceptors (Lipinski definition) is 3. The molecule has 7 nitrogen and oxygen atoms in total. The van der Waals surface area contributed by atoms with E-state index in [1.807, 2.05) is 42.7 Å². The summed E-state index contributed by atoms with van der Waals surface area (Å²) in [7, 11) is 0. The van der Waals surface area contributed by atoms with E-state index in [2.05, 4.69) is 15.3 Å². The van der Waals surface area contributed by atoms with Gasteiger partial charge in [-0.3, -0.25) is 4.79 Å². The van der Waals surface area contributed by atoms with Gasteiger partial charge in [0.2, 0.25) is 5.91 Å². The molecule has 0 aliphatic heterocycles. The topological polar surface area (TPSA) is 113 Å². The summed E-state index contributed by atoms with van der Waals surface area (Å²) in [6.45, 7) is 0.497. The van der Waals surface area contributed by atoms with E-state index in [9.17, 15) is 9.59 Å². The predicted octanol–water partition coefficient (Wildman–Crippen LogP) is 3.21. The fourth-order valence-corrected chi connectivity index (χ4v) is 3.44. The van der Waals surface area contributed by atoms with Crippen LogP contribution in [0.5, 0.6) is 5.75 Å². The Bertz CT molecular complexity index is 1180. The van der Waals surface area contributed by atoms with Crippen LogP contribution < -0.4 is 15.8 Å². The molecule has 0 unspecified atom stereocenters. The first kappa shape index (κ1) is 18.6. The zero-order chi connectivity index (χ0) is 20.2. The van der Waals surface area contributed by atoms with Crippen LogP contribution in [0.25, 0.3) is 21.8 Å². The summed E-state index contributed by atoms with van der Waals surface area (Å²) in [5, 5.41) is 4.98. The van der Waals surface area contributed by atoms with Gasteiger partial charge in [0, 0.05) is 40.7 Å². The number of hydrogen-bond donors (Lipinski definition) is 4. The quantitative estimate of drug-likeness (QED) is 0.389. The van der Waals surface area contributed by atoms with Gasteiger partial charge in [-0.05, 0) is 48.2 Å². The number of rotatable bonds is 7. The third-order valence-electron chi connectivity index (χ3n) is 4.83. The number of aromatic amines is 2. The van der Waals surface area contributed by atoms with E-state index in [0.29, 0.717) is 25.1 Å². The maximum atomic E-state index is 12.2. The first-order valence-corrected chi connectivity index (χ1v) is 9.33. The van der Waals surface area contributed by atoms with Crippen molar-refractivity contribution in [1.29, 1.82) is 0 Å². The zero-order valence-corrected chi connectivity index (χ0v) is 15.7. The van der Waals surface area contributed by atoms with Crippen molar-refractivity contribution in [1.82, 2.24) is 15.3 Å². The Balaban J connectivity index is 1.31. The minimum absolute atomic E-state index is 0.104. The second-order valence-corrected chi connectivity index (χ2v) is 6.75. The smallest absolute Gasteiger partial charge is 0.409 e. The number of nitrogens with one attached hydrogen (secondary N) is 3. The number of fused-ring (bicyclic) bond motifs is 2. The molecule has 2 amide bonds. The Kier molecular flexibility index (Phi) is 5.20. The van der Waals surface area contributed by atoms with Crippen molar-refractivity contribution >= 4 is 33.8 Å². The van der Waals surface area contributed by atoms with Crippen LogP contribution in [-0.4, -0.2) is 28.5 Å². The van der Waals surface area contributed by atoms with E-state index >= 15 is 0 Å². The largest absolute Gasteiger partial charge is 0.410 e. The third kappa shape index (κ3) is 4.24. The molecule has 0 aliphatic carbocycles. The highest BCUT2D eigenvalue weighted by Gasteiger charge is 2.09. The van der Waals surface area contributed by atoms with Crippen molar-refractivity contribution in [2.45, 2.75) is 12.8 Å². The minimum Gasteiger partial charge on any atom is -0.410 e. The molecule has 147 valence electrons. The molecule has 1 radical (unpaired) electrons. The number of benzene rings is 2. The summed E-state index contributed by atoms with van der Waals surface area (Å²) in [4.78, 5) is 29.5. The normalized spacial score (nSPS) is 11.0. The van der Waals surface area contributed by atoms with E-state index in [1.54, 1.807) is 18.6 Å². The summed E-state index contributed by atoms with van der Waals surface area (Å²) >= 11 is 0. The van der Waals surface area contributed by atoms with Gasteiger partial charge in [0.05, 0.1) is 6.42 Å². The van der Waals surface area contributed by atoms with Crippen LogP contribution >= 0.6 is 0 Å². The molecule has 0 bridgehead atoms. The van der Waals surface area contributed by atoms with Crippen LogP contribution in [0.2, 0.25) is 0 Å². The average Bonchev–Trinajstić information content (AvgIpc) is 3.30. The zero-order valence-electron chi connectivity index (χ0n) is 15.7. The highest BCUT2D eigenvalue weighted by atomic mass is 16.5. The lowest BCUT2D eigenvalue weighted by atomic mass is 10.1. The van der Waals surface area contributed by atoms with Gasteiger partial charge in [-0.15, -0.1) is 0 Å². The van der Waals surface area contributed by atoms with Gasteiger partial charge < -0.3 is 25.8 Å². The van der Waals surface area contributed by atoms with Gasteiger partial charge in [-0.1, -0.05) is 18.2 Å². The van der Waals surface area contributed by atoms with Crippen LogP contribution in [0.1, 0.15) is 11.1 Å². The van der Waals surface area contributed by atoms with Gasteiger partial charge >= 0.3 is 6.09 Å². The number of carbonyl (C=O) groups excluding carboxylic acids is 2. The summed E-state index contributed by atoms with van der Waals surface area (Å²) in [6, 6.07) is 13.3. The Morgan fingerprint density at radius 3 is 2.59 bits per heavy atom. The number of nitrogens with two attached hydrogens (primary N) is 1. The molecule has 2 aromatic heterocycles. The second kappa shape index (κ2) is 8.10. The molecule has 7 heteroatoms. The highest BCUT2D eigenvalue weighted by molar-refractivity contribution is 5.88. The molecule has 4 rings (SSSR count). The molecule has 0 atom stereocenters. The monoisotopic (exact) mass is 389 g/mol. The van der Waals surface area contributed by atoms with E-state index in [0.717, 1.165) is 32.9 Å². The SMILES string of the molecule is NC(=O)Oc1ccc2[nH]cc(CCNC(=O)[CH]Cc3c[nH]c4ccccc34)c2c1. The summed E-state index contributed by atoms with van der Waals surface area (Å²) in [5.41, 5.74) is 9.17. The third-order valence-corrected chi connectivity index (χ3v) is 4.83. The molecule has 2 aromatic carbocycles. The Morgan fingerprint density at radius 2 is 1.76 bits per heavy atom. The maximum Gasteiger partial charge on any atom is 0.409 e. The number of para-hydroxylation sites is 1. The van der Waals surface area contributed by atoms with Crippen molar-refractivity contribution in [3.63, 3.8) is 0 Å². The molecule has 5 N–H and O–H groups in total. The number of amides is 2. The fourth-order valence-electron chi connectivity index (χ4n) is 3.44. The summed E-state index contributed by atoms with van der Waals surface area (Å²) in [5.74, 6) is 0.287. The summed E-state index contributed by atoms with van der Waals surface area (Å²) in [6.07, 6.45) is 5.85. The second-order valence-electron chi connectivity index (χ2n) is 6.75. The highest BCUT2D eigenvalue weighted by Crippen LogP contribution is 2.24. The van der Waals surface area contributed by atoms with Crippen molar-refractivity contribution in [2.24, 2.45) is 5.73 Å². The molecule has 0 saturated carbocycles. The lowest BCUT2D eigenvalue weighted by Crippen LogP contribution is -2.26. The Labute approximate surface area is 167 Å². The van der Waals surface area contributed by atoms with Crippen molar-refractivity contribution in [3.05, 3.63) is 72.4 Å². The van der Waals surface area contributed by atoms with Crippen molar-refractivity contribution in [2.75, 3.05) is 6.54 Å². The van der Waals surface area contributed by atoms with Crippen LogP contribution in [-0.2, 0) is 17.6 Å². The molecule has 0 saturated heterocycles. The van der Waals surface area contributed by atoms with Crippen LogP contribution in [0.4, 0.5) is 4.79 Å². The van der Waals surface area contributed by atoms with E-state index in [-0.39, 0.29) is 5.91 Å². The van der Waals surface area contributed by atoms with Crippen LogP contribution in [0, 0.1) is 6.42 Å². The Morgan fingerprint density at radius 1 is 1.00 bits per heavy atom. The van der Waals surface area contributed by atoms with Crippen molar-refractivity contribution < 1.29 is 14.3 Å². The van der Waals surface area contributed by atoms with Gasteiger partial charge in [0.1, 0.15) is 5.75 Å². The van der Waals surface area contributed by atoms with Gasteiger partial charge in [0.15, 0.2) is 0 Å².